The number of aromatic nitrogens is 3. The number of anilines is 1. The molecule has 0 saturated carbocycles. The van der Waals surface area contributed by atoms with Crippen molar-refractivity contribution in [1.29, 1.82) is 0 Å². The molecule has 2 heterocycles. The Morgan fingerprint density at radius 1 is 0.970 bits per heavy atom. The number of carbonyl (C=O) groups excluding carboxylic acids is 2. The molecule has 3 aromatic rings. The molecular formula is C20H17F3N6O4. The normalized spacial score (nSPS) is 11.0. The van der Waals surface area contributed by atoms with Gasteiger partial charge in [-0.15, -0.1) is 0 Å². The number of nitrogens with zero attached hydrogens (tertiary/aromatic N) is 3. The monoisotopic (exact) mass is 462 g/mol. The van der Waals surface area contributed by atoms with Crippen LogP contribution in [-0.4, -0.2) is 50.9 Å². The topological polar surface area (TPSA) is 138 Å². The average Bonchev–Trinajstić information content (AvgIpc) is 3.23. The molecule has 0 aliphatic heterocycles. The summed E-state index contributed by atoms with van der Waals surface area (Å²) in [5, 5.41) is 18.9. The minimum atomic E-state index is -4.84. The van der Waals surface area contributed by atoms with E-state index in [-0.39, 0.29) is 24.5 Å². The van der Waals surface area contributed by atoms with E-state index in [1.165, 1.54) is 12.1 Å². The van der Waals surface area contributed by atoms with E-state index in [4.69, 9.17) is 5.11 Å². The van der Waals surface area contributed by atoms with E-state index in [1.807, 2.05) is 5.32 Å². The fourth-order valence-corrected chi connectivity index (χ4v) is 2.72. The highest BCUT2D eigenvalue weighted by Crippen LogP contribution is 2.31. The third-order valence-electron chi connectivity index (χ3n) is 4.20. The van der Waals surface area contributed by atoms with Crippen LogP contribution in [0.15, 0.2) is 54.9 Å². The van der Waals surface area contributed by atoms with Crippen molar-refractivity contribution < 1.29 is 32.7 Å². The Balaban J connectivity index is 1.59. The molecule has 0 aliphatic carbocycles. The van der Waals surface area contributed by atoms with Crippen LogP contribution in [0.4, 0.5) is 23.8 Å². The summed E-state index contributed by atoms with van der Waals surface area (Å²) in [5.74, 6) is -1.53. The Kier molecular flexibility index (Phi) is 6.91. The second-order valence-corrected chi connectivity index (χ2v) is 6.54. The van der Waals surface area contributed by atoms with Crippen LogP contribution in [0.25, 0.3) is 5.69 Å². The molecule has 0 bridgehead atoms. The van der Waals surface area contributed by atoms with Gasteiger partial charge in [0.1, 0.15) is 5.82 Å². The predicted octanol–water partition coefficient (Wildman–Crippen LogP) is 2.54. The molecular weight excluding hydrogens is 445 g/mol. The summed E-state index contributed by atoms with van der Waals surface area (Å²) in [5.41, 5.74) is -1.49. The standard InChI is InChI=1S/C20H17F3N6O4/c21-20(22,23)16-14(11-29(28-16)13-4-2-1-3-5-13)18(31)25-9-8-24-17(30)12-6-7-15(26-10-12)27-19(32)33/h1-7,10-11H,8-9H2,(H,24,30)(H,25,31)(H,26,27)(H,32,33). The fourth-order valence-electron chi connectivity index (χ4n) is 2.72. The average molecular weight is 462 g/mol. The van der Waals surface area contributed by atoms with Crippen LogP contribution in [0.1, 0.15) is 26.4 Å². The number of carbonyl (C=O) groups is 3. The molecule has 0 atom stereocenters. The maximum absolute atomic E-state index is 13.4. The highest BCUT2D eigenvalue weighted by atomic mass is 19.4. The van der Waals surface area contributed by atoms with Gasteiger partial charge in [0.05, 0.1) is 16.8 Å². The molecule has 10 nitrogen and oxygen atoms in total. The Bertz CT molecular complexity index is 1150. The number of para-hydroxylation sites is 1. The first-order valence-electron chi connectivity index (χ1n) is 9.40. The van der Waals surface area contributed by atoms with Gasteiger partial charge in [0.15, 0.2) is 5.69 Å². The van der Waals surface area contributed by atoms with Gasteiger partial charge in [-0.25, -0.2) is 14.5 Å². The first-order valence-corrected chi connectivity index (χ1v) is 9.40. The zero-order valence-corrected chi connectivity index (χ0v) is 16.8. The van der Waals surface area contributed by atoms with Gasteiger partial charge in [0, 0.05) is 25.5 Å². The van der Waals surface area contributed by atoms with E-state index in [0.29, 0.717) is 5.69 Å². The van der Waals surface area contributed by atoms with Gasteiger partial charge < -0.3 is 15.7 Å². The fraction of sp³-hybridized carbons (Fsp3) is 0.150. The van der Waals surface area contributed by atoms with Crippen molar-refractivity contribution in [2.75, 3.05) is 18.4 Å². The van der Waals surface area contributed by atoms with Crippen LogP contribution in [-0.2, 0) is 6.18 Å². The van der Waals surface area contributed by atoms with Gasteiger partial charge in [0.2, 0.25) is 0 Å². The summed E-state index contributed by atoms with van der Waals surface area (Å²) < 4.78 is 41.1. The van der Waals surface area contributed by atoms with Gasteiger partial charge >= 0.3 is 12.3 Å². The Morgan fingerprint density at radius 2 is 1.64 bits per heavy atom. The lowest BCUT2D eigenvalue weighted by atomic mass is 10.2. The molecule has 172 valence electrons. The molecule has 13 heteroatoms. The predicted molar refractivity (Wildman–Crippen MR) is 109 cm³/mol. The van der Waals surface area contributed by atoms with Crippen LogP contribution in [0.3, 0.4) is 0 Å². The molecule has 0 aliphatic rings. The van der Waals surface area contributed by atoms with Gasteiger partial charge in [0.25, 0.3) is 11.8 Å². The summed E-state index contributed by atoms with van der Waals surface area (Å²) in [4.78, 5) is 38.7. The van der Waals surface area contributed by atoms with Crippen molar-refractivity contribution in [1.82, 2.24) is 25.4 Å². The Morgan fingerprint density at radius 3 is 2.21 bits per heavy atom. The largest absolute Gasteiger partial charge is 0.465 e. The summed E-state index contributed by atoms with van der Waals surface area (Å²) in [7, 11) is 0. The van der Waals surface area contributed by atoms with Crippen molar-refractivity contribution >= 4 is 23.7 Å². The van der Waals surface area contributed by atoms with E-state index in [9.17, 15) is 27.6 Å². The molecule has 0 unspecified atom stereocenters. The molecule has 0 spiro atoms. The van der Waals surface area contributed by atoms with Gasteiger partial charge in [-0.3, -0.25) is 14.9 Å². The first-order chi connectivity index (χ1) is 15.6. The minimum Gasteiger partial charge on any atom is -0.465 e. The number of nitrogens with one attached hydrogen (secondary N) is 3. The lowest BCUT2D eigenvalue weighted by Gasteiger charge is -2.08. The highest BCUT2D eigenvalue weighted by molar-refractivity contribution is 5.96. The summed E-state index contributed by atoms with van der Waals surface area (Å²) >= 11 is 0. The number of amides is 3. The number of carboxylic acid groups (broad SMARTS) is 1. The SMILES string of the molecule is O=C(O)Nc1ccc(C(=O)NCCNC(=O)c2cn(-c3ccccc3)nc2C(F)(F)F)cn1. The third kappa shape index (κ3) is 6.06. The molecule has 1 aromatic carbocycles. The molecule has 4 N–H and O–H groups in total. The lowest BCUT2D eigenvalue weighted by molar-refractivity contribution is -0.141. The van der Waals surface area contributed by atoms with Crippen molar-refractivity contribution in [3.05, 3.63) is 71.7 Å². The highest BCUT2D eigenvalue weighted by Gasteiger charge is 2.39. The molecule has 3 amide bonds. The number of alkyl halides is 3. The molecule has 0 saturated heterocycles. The summed E-state index contributed by atoms with van der Waals surface area (Å²) in [6.07, 6.45) is -4.01. The number of hydrogen-bond acceptors (Lipinski definition) is 5. The number of benzene rings is 1. The Labute approximate surface area is 184 Å². The van der Waals surface area contributed by atoms with Crippen LogP contribution < -0.4 is 16.0 Å². The molecule has 3 rings (SSSR count). The maximum Gasteiger partial charge on any atom is 0.435 e. The van der Waals surface area contributed by atoms with E-state index in [0.717, 1.165) is 17.1 Å². The van der Waals surface area contributed by atoms with Crippen molar-refractivity contribution in [2.24, 2.45) is 0 Å². The molecule has 33 heavy (non-hydrogen) atoms. The van der Waals surface area contributed by atoms with Crippen LogP contribution in [0.5, 0.6) is 0 Å². The van der Waals surface area contributed by atoms with E-state index < -0.39 is 35.3 Å². The molecule has 2 aromatic heterocycles. The number of halogens is 3. The number of rotatable bonds is 7. The molecule has 0 radical (unpaired) electrons. The maximum atomic E-state index is 13.4. The zero-order chi connectivity index (χ0) is 24.0. The van der Waals surface area contributed by atoms with Crippen LogP contribution in [0, 0.1) is 0 Å². The summed E-state index contributed by atoms with van der Waals surface area (Å²) in [6.45, 7) is -0.224. The quantitative estimate of drug-likeness (QED) is 0.398. The van der Waals surface area contributed by atoms with Crippen LogP contribution in [0.2, 0.25) is 0 Å². The van der Waals surface area contributed by atoms with Crippen molar-refractivity contribution in [2.45, 2.75) is 6.18 Å². The number of pyridine rings is 1. The number of hydrogen-bond donors (Lipinski definition) is 4. The molecule has 0 fully saturated rings. The minimum absolute atomic E-state index is 0.0304. The second-order valence-electron chi connectivity index (χ2n) is 6.54. The van der Waals surface area contributed by atoms with Crippen LogP contribution >= 0.6 is 0 Å². The van der Waals surface area contributed by atoms with Gasteiger partial charge in [-0.2, -0.15) is 18.3 Å². The zero-order valence-electron chi connectivity index (χ0n) is 16.8. The van der Waals surface area contributed by atoms with Gasteiger partial charge in [-0.1, -0.05) is 18.2 Å². The van der Waals surface area contributed by atoms with E-state index in [2.05, 4.69) is 20.7 Å². The van der Waals surface area contributed by atoms with Gasteiger partial charge in [-0.05, 0) is 24.3 Å². The third-order valence-corrected chi connectivity index (χ3v) is 4.20. The van der Waals surface area contributed by atoms with E-state index >= 15 is 0 Å². The van der Waals surface area contributed by atoms with Crippen molar-refractivity contribution in [3.63, 3.8) is 0 Å². The lowest BCUT2D eigenvalue weighted by Crippen LogP contribution is -2.35. The summed E-state index contributed by atoms with van der Waals surface area (Å²) in [6, 6.07) is 10.6. The second kappa shape index (κ2) is 9.80. The van der Waals surface area contributed by atoms with Crippen molar-refractivity contribution in [3.8, 4) is 5.69 Å². The first kappa shape index (κ1) is 23.2. The van der Waals surface area contributed by atoms with E-state index in [1.54, 1.807) is 30.3 Å². The Hall–Kier alpha value is -4.42. The smallest absolute Gasteiger partial charge is 0.435 e.